The number of morpholine rings is 1. The van der Waals surface area contributed by atoms with Gasteiger partial charge in [0.2, 0.25) is 10.0 Å². The number of fused-ring (bicyclic) bond motifs is 3. The number of ether oxygens (including phenoxy) is 1. The second kappa shape index (κ2) is 9.13. The Bertz CT molecular complexity index is 1320. The summed E-state index contributed by atoms with van der Waals surface area (Å²) in [7, 11) is -3.73. The van der Waals surface area contributed by atoms with Gasteiger partial charge in [0.1, 0.15) is 5.82 Å². The number of sulfonamides is 1. The molecule has 2 aliphatic rings. The highest BCUT2D eigenvalue weighted by atomic mass is 32.2. The van der Waals surface area contributed by atoms with Gasteiger partial charge in [0, 0.05) is 37.3 Å². The number of rotatable bonds is 4. The van der Waals surface area contributed by atoms with Gasteiger partial charge in [-0.15, -0.1) is 0 Å². The molecule has 1 saturated heterocycles. The Labute approximate surface area is 200 Å². The average Bonchev–Trinajstić information content (AvgIpc) is 2.98. The predicted molar refractivity (Wildman–Crippen MR) is 130 cm³/mol. The number of amides is 1. The zero-order valence-electron chi connectivity index (χ0n) is 19.5. The van der Waals surface area contributed by atoms with E-state index in [1.54, 1.807) is 12.1 Å². The third-order valence-corrected chi connectivity index (χ3v) is 8.31. The summed E-state index contributed by atoms with van der Waals surface area (Å²) in [5, 5.41) is 2.90. The Balaban J connectivity index is 1.36. The minimum Gasteiger partial charge on any atom is -0.373 e. The van der Waals surface area contributed by atoms with E-state index in [1.807, 2.05) is 32.0 Å². The van der Waals surface area contributed by atoms with Crippen molar-refractivity contribution in [1.29, 1.82) is 0 Å². The van der Waals surface area contributed by atoms with Crippen LogP contribution in [-0.2, 0) is 27.7 Å². The first-order chi connectivity index (χ1) is 16.3. The van der Waals surface area contributed by atoms with Gasteiger partial charge >= 0.3 is 0 Å². The van der Waals surface area contributed by atoms with Crippen LogP contribution in [0.4, 0.5) is 5.69 Å². The number of imidazole rings is 1. The maximum absolute atomic E-state index is 13.2. The van der Waals surface area contributed by atoms with Crippen LogP contribution in [0.2, 0.25) is 0 Å². The summed E-state index contributed by atoms with van der Waals surface area (Å²) in [5.41, 5.74) is 2.87. The van der Waals surface area contributed by atoms with Crippen LogP contribution in [0.25, 0.3) is 11.0 Å². The first kappa shape index (κ1) is 23.0. The lowest BCUT2D eigenvalue weighted by Crippen LogP contribution is -2.48. The van der Waals surface area contributed by atoms with Crippen molar-refractivity contribution in [3.63, 3.8) is 0 Å². The highest BCUT2D eigenvalue weighted by molar-refractivity contribution is 7.89. The van der Waals surface area contributed by atoms with Crippen LogP contribution in [0, 0.1) is 0 Å². The van der Waals surface area contributed by atoms with Crippen molar-refractivity contribution >= 4 is 32.7 Å². The molecule has 2 aromatic carbocycles. The van der Waals surface area contributed by atoms with E-state index in [0.717, 1.165) is 42.7 Å². The van der Waals surface area contributed by atoms with Gasteiger partial charge in [0.05, 0.1) is 28.1 Å². The van der Waals surface area contributed by atoms with Gasteiger partial charge in [-0.2, -0.15) is 4.31 Å². The molecule has 3 heterocycles. The molecule has 0 saturated carbocycles. The molecule has 1 aromatic heterocycles. The third-order valence-electron chi connectivity index (χ3n) is 6.49. The molecule has 1 amide bonds. The van der Waals surface area contributed by atoms with Gasteiger partial charge < -0.3 is 14.6 Å². The SMILES string of the molecule is CC1CN(S(=O)(=O)c2cccc(C(=O)Nc3ccc4c(c3)nc3n4CCCCC3)c2)CC(C)O1. The van der Waals surface area contributed by atoms with E-state index in [4.69, 9.17) is 9.72 Å². The van der Waals surface area contributed by atoms with Crippen LogP contribution in [-0.4, -0.2) is 53.5 Å². The van der Waals surface area contributed by atoms with Crippen molar-refractivity contribution < 1.29 is 17.9 Å². The van der Waals surface area contributed by atoms with Crippen LogP contribution < -0.4 is 5.32 Å². The zero-order chi connectivity index (χ0) is 23.9. The van der Waals surface area contributed by atoms with Crippen molar-refractivity contribution in [3.05, 3.63) is 53.9 Å². The van der Waals surface area contributed by atoms with Gasteiger partial charge in [-0.3, -0.25) is 4.79 Å². The topological polar surface area (TPSA) is 93.5 Å². The molecule has 34 heavy (non-hydrogen) atoms. The molecule has 0 spiro atoms. The summed E-state index contributed by atoms with van der Waals surface area (Å²) in [6.45, 7) is 5.27. The maximum Gasteiger partial charge on any atom is 0.255 e. The summed E-state index contributed by atoms with van der Waals surface area (Å²) in [6, 6.07) is 11.9. The van der Waals surface area contributed by atoms with Crippen LogP contribution in [0.5, 0.6) is 0 Å². The molecule has 2 aliphatic heterocycles. The highest BCUT2D eigenvalue weighted by Gasteiger charge is 2.32. The summed E-state index contributed by atoms with van der Waals surface area (Å²) < 4.78 is 35.8. The van der Waals surface area contributed by atoms with E-state index in [9.17, 15) is 13.2 Å². The minimum absolute atomic E-state index is 0.106. The molecule has 1 fully saturated rings. The number of aromatic nitrogens is 2. The summed E-state index contributed by atoms with van der Waals surface area (Å²) >= 11 is 0. The molecular formula is C25H30N4O4S. The monoisotopic (exact) mass is 482 g/mol. The number of benzene rings is 2. The van der Waals surface area contributed by atoms with E-state index in [2.05, 4.69) is 9.88 Å². The normalized spacial score (nSPS) is 21.7. The van der Waals surface area contributed by atoms with E-state index < -0.39 is 10.0 Å². The van der Waals surface area contributed by atoms with Gasteiger partial charge in [-0.05, 0) is 63.1 Å². The number of aryl methyl sites for hydroxylation is 2. The molecular weight excluding hydrogens is 452 g/mol. The van der Waals surface area contributed by atoms with Crippen LogP contribution in [0.15, 0.2) is 47.4 Å². The van der Waals surface area contributed by atoms with E-state index >= 15 is 0 Å². The Kier molecular flexibility index (Phi) is 6.18. The molecule has 9 heteroatoms. The number of nitrogens with zero attached hydrogens (tertiary/aromatic N) is 3. The average molecular weight is 483 g/mol. The molecule has 0 bridgehead atoms. The molecule has 0 radical (unpaired) electrons. The fourth-order valence-corrected chi connectivity index (χ4v) is 6.54. The number of carbonyl (C=O) groups excluding carboxylic acids is 1. The number of hydrogen-bond donors (Lipinski definition) is 1. The molecule has 2 atom stereocenters. The van der Waals surface area contributed by atoms with Gasteiger partial charge in [0.25, 0.3) is 5.91 Å². The van der Waals surface area contributed by atoms with Crippen molar-refractivity contribution in [1.82, 2.24) is 13.9 Å². The van der Waals surface area contributed by atoms with Crippen LogP contribution >= 0.6 is 0 Å². The molecule has 8 nitrogen and oxygen atoms in total. The first-order valence-corrected chi connectivity index (χ1v) is 13.3. The van der Waals surface area contributed by atoms with Crippen molar-refractivity contribution in [2.75, 3.05) is 18.4 Å². The Morgan fingerprint density at radius 2 is 1.85 bits per heavy atom. The van der Waals surface area contributed by atoms with E-state index in [-0.39, 0.29) is 41.7 Å². The van der Waals surface area contributed by atoms with Gasteiger partial charge in [-0.25, -0.2) is 13.4 Å². The molecule has 180 valence electrons. The lowest BCUT2D eigenvalue weighted by molar-refractivity contribution is -0.0440. The predicted octanol–water partition coefficient (Wildman–Crippen LogP) is 3.81. The first-order valence-electron chi connectivity index (χ1n) is 11.9. The second-order valence-corrected chi connectivity index (χ2v) is 11.2. The maximum atomic E-state index is 13.2. The van der Waals surface area contributed by atoms with Crippen molar-refractivity contribution in [3.8, 4) is 0 Å². The smallest absolute Gasteiger partial charge is 0.255 e. The highest BCUT2D eigenvalue weighted by Crippen LogP contribution is 2.26. The Hall–Kier alpha value is -2.75. The van der Waals surface area contributed by atoms with E-state index in [0.29, 0.717) is 5.69 Å². The molecule has 5 rings (SSSR count). The Morgan fingerprint density at radius 3 is 2.65 bits per heavy atom. The second-order valence-electron chi connectivity index (χ2n) is 9.26. The van der Waals surface area contributed by atoms with Gasteiger partial charge in [-0.1, -0.05) is 12.5 Å². The fraction of sp³-hybridized carbons (Fsp3) is 0.440. The summed E-state index contributed by atoms with van der Waals surface area (Å²) in [4.78, 5) is 17.9. The zero-order valence-corrected chi connectivity index (χ0v) is 20.3. The molecule has 0 aliphatic carbocycles. The number of nitrogens with one attached hydrogen (secondary N) is 1. The van der Waals surface area contributed by atoms with E-state index in [1.165, 1.54) is 22.9 Å². The number of anilines is 1. The van der Waals surface area contributed by atoms with Crippen LogP contribution in [0.1, 0.15) is 49.3 Å². The lowest BCUT2D eigenvalue weighted by Gasteiger charge is -2.34. The summed E-state index contributed by atoms with van der Waals surface area (Å²) in [6.07, 6.45) is 4.12. The van der Waals surface area contributed by atoms with Crippen molar-refractivity contribution in [2.45, 2.75) is 63.2 Å². The minimum atomic E-state index is -3.73. The lowest BCUT2D eigenvalue weighted by atomic mass is 10.2. The largest absolute Gasteiger partial charge is 0.373 e. The molecule has 2 unspecified atom stereocenters. The fourth-order valence-electron chi connectivity index (χ4n) is 4.90. The number of carbonyl (C=O) groups is 1. The van der Waals surface area contributed by atoms with Crippen molar-refractivity contribution in [2.24, 2.45) is 0 Å². The standard InChI is InChI=1S/C25H30N4O4S/c1-17-15-28(16-18(2)33-17)34(31,32)21-8-6-7-19(13-21)25(30)26-20-10-11-23-22(14-20)27-24-9-4-3-5-12-29(23)24/h6-8,10-11,13-14,17-18H,3-5,9,12,15-16H2,1-2H3,(H,26,30). The van der Waals surface area contributed by atoms with Crippen LogP contribution in [0.3, 0.4) is 0 Å². The number of hydrogen-bond acceptors (Lipinski definition) is 5. The van der Waals surface area contributed by atoms with Gasteiger partial charge in [0.15, 0.2) is 0 Å². The molecule has 1 N–H and O–H groups in total. The quantitative estimate of drug-likeness (QED) is 0.610. The Morgan fingerprint density at radius 1 is 1.06 bits per heavy atom. The molecule has 3 aromatic rings. The summed E-state index contributed by atoms with van der Waals surface area (Å²) in [5.74, 6) is 0.738. The third kappa shape index (κ3) is 4.47.